The van der Waals surface area contributed by atoms with Crippen molar-refractivity contribution in [3.8, 4) is 0 Å². The van der Waals surface area contributed by atoms with Gasteiger partial charge in [-0.05, 0) is 25.0 Å². The molecule has 28 heavy (non-hydrogen) atoms. The molecule has 8 heteroatoms. The number of alkyl halides is 3. The van der Waals surface area contributed by atoms with E-state index >= 15 is 0 Å². The van der Waals surface area contributed by atoms with Gasteiger partial charge in [0.2, 0.25) is 5.82 Å². The van der Waals surface area contributed by atoms with E-state index in [1.165, 1.54) is 6.42 Å². The maximum Gasteiger partial charge on any atom is 0.451 e. The minimum absolute atomic E-state index is 0.0630. The number of para-hydroxylation sites is 1. The zero-order valence-corrected chi connectivity index (χ0v) is 15.8. The second-order valence-corrected chi connectivity index (χ2v) is 7.65. The number of aromatic nitrogens is 2. The van der Waals surface area contributed by atoms with Gasteiger partial charge in [0, 0.05) is 30.6 Å². The van der Waals surface area contributed by atoms with Gasteiger partial charge < -0.3 is 10.1 Å². The van der Waals surface area contributed by atoms with Gasteiger partial charge in [0.05, 0.1) is 18.7 Å². The molecule has 0 unspecified atom stereocenters. The second kappa shape index (κ2) is 7.83. The molecule has 0 bridgehead atoms. The van der Waals surface area contributed by atoms with Gasteiger partial charge in [0.1, 0.15) is 5.82 Å². The largest absolute Gasteiger partial charge is 0.451 e. The number of benzene rings is 1. The topological polar surface area (TPSA) is 50.3 Å². The van der Waals surface area contributed by atoms with Crippen LogP contribution in [-0.2, 0) is 10.9 Å². The highest BCUT2D eigenvalue weighted by molar-refractivity contribution is 5.89. The fourth-order valence-electron chi connectivity index (χ4n) is 4.44. The van der Waals surface area contributed by atoms with E-state index in [0.29, 0.717) is 30.7 Å². The molecular weight excluding hydrogens is 369 g/mol. The Morgan fingerprint density at radius 1 is 1.04 bits per heavy atom. The summed E-state index contributed by atoms with van der Waals surface area (Å²) in [6, 6.07) is 6.84. The van der Waals surface area contributed by atoms with Crippen LogP contribution in [0.25, 0.3) is 10.9 Å². The zero-order chi connectivity index (χ0) is 19.6. The summed E-state index contributed by atoms with van der Waals surface area (Å²) in [5.41, 5.74) is 0.239. The minimum atomic E-state index is -4.58. The van der Waals surface area contributed by atoms with Gasteiger partial charge in [0.25, 0.3) is 0 Å². The van der Waals surface area contributed by atoms with Crippen molar-refractivity contribution in [1.29, 1.82) is 0 Å². The van der Waals surface area contributed by atoms with Gasteiger partial charge in [0.15, 0.2) is 0 Å². The van der Waals surface area contributed by atoms with E-state index in [0.717, 1.165) is 38.8 Å². The molecular formula is C20H25F3N4O. The Morgan fingerprint density at radius 3 is 2.46 bits per heavy atom. The number of nitrogens with zero attached hydrogens (tertiary/aromatic N) is 3. The summed E-state index contributed by atoms with van der Waals surface area (Å²) in [4.78, 5) is 10.0. The zero-order valence-electron chi connectivity index (χ0n) is 15.8. The number of nitrogens with one attached hydrogen (secondary N) is 1. The van der Waals surface area contributed by atoms with Gasteiger partial charge in [-0.1, -0.05) is 31.4 Å². The number of hydrogen-bond acceptors (Lipinski definition) is 5. The Labute approximate surface area is 162 Å². The molecule has 1 aromatic carbocycles. The number of halogens is 3. The van der Waals surface area contributed by atoms with Crippen LogP contribution in [0.15, 0.2) is 24.3 Å². The van der Waals surface area contributed by atoms with Crippen molar-refractivity contribution in [1.82, 2.24) is 14.9 Å². The van der Waals surface area contributed by atoms with Crippen LogP contribution in [0.1, 0.15) is 37.9 Å². The number of rotatable bonds is 4. The highest BCUT2D eigenvalue weighted by Crippen LogP contribution is 2.36. The number of anilines is 1. The lowest BCUT2D eigenvalue weighted by Crippen LogP contribution is -2.58. The quantitative estimate of drug-likeness (QED) is 0.846. The van der Waals surface area contributed by atoms with Gasteiger partial charge in [-0.2, -0.15) is 13.2 Å². The van der Waals surface area contributed by atoms with Crippen LogP contribution in [0.4, 0.5) is 19.0 Å². The molecule has 1 aliphatic heterocycles. The molecule has 0 atom stereocenters. The first-order chi connectivity index (χ1) is 13.5. The van der Waals surface area contributed by atoms with Crippen LogP contribution in [0, 0.1) is 0 Å². The summed E-state index contributed by atoms with van der Waals surface area (Å²) in [5.74, 6) is -0.839. The van der Waals surface area contributed by atoms with Crippen molar-refractivity contribution >= 4 is 16.7 Å². The maximum atomic E-state index is 13.3. The molecule has 2 fully saturated rings. The molecule has 1 N–H and O–H groups in total. The lowest BCUT2D eigenvalue weighted by atomic mass is 9.79. The predicted molar refractivity (Wildman–Crippen MR) is 101 cm³/mol. The first-order valence-corrected chi connectivity index (χ1v) is 9.89. The normalized spacial score (nSPS) is 21.0. The molecule has 1 aliphatic carbocycles. The van der Waals surface area contributed by atoms with Crippen LogP contribution >= 0.6 is 0 Å². The van der Waals surface area contributed by atoms with Gasteiger partial charge in [-0.25, -0.2) is 9.97 Å². The summed E-state index contributed by atoms with van der Waals surface area (Å²) in [6.07, 6.45) is 0.979. The van der Waals surface area contributed by atoms with Gasteiger partial charge in [-0.15, -0.1) is 0 Å². The molecule has 0 radical (unpaired) electrons. The highest BCUT2D eigenvalue weighted by Gasteiger charge is 2.39. The summed E-state index contributed by atoms with van der Waals surface area (Å²) >= 11 is 0. The molecule has 1 saturated carbocycles. The second-order valence-electron chi connectivity index (χ2n) is 7.65. The van der Waals surface area contributed by atoms with Crippen molar-refractivity contribution in [2.75, 3.05) is 38.2 Å². The lowest BCUT2D eigenvalue weighted by Gasteiger charge is -2.48. The summed E-state index contributed by atoms with van der Waals surface area (Å²) in [5, 5.41) is 3.89. The van der Waals surface area contributed by atoms with E-state index in [1.807, 2.05) is 0 Å². The number of ether oxygens (including phenoxy) is 1. The summed E-state index contributed by atoms with van der Waals surface area (Å²) < 4.78 is 45.3. The van der Waals surface area contributed by atoms with E-state index in [4.69, 9.17) is 4.74 Å². The highest BCUT2D eigenvalue weighted by atomic mass is 19.4. The number of hydrogen-bond donors (Lipinski definition) is 1. The van der Waals surface area contributed by atoms with Gasteiger partial charge >= 0.3 is 6.18 Å². The fourth-order valence-corrected chi connectivity index (χ4v) is 4.44. The third-order valence-corrected chi connectivity index (χ3v) is 5.91. The Kier molecular flexibility index (Phi) is 5.42. The first kappa shape index (κ1) is 19.4. The van der Waals surface area contributed by atoms with E-state index in [9.17, 15) is 13.2 Å². The molecule has 2 heterocycles. The van der Waals surface area contributed by atoms with Crippen molar-refractivity contribution in [2.45, 2.75) is 43.8 Å². The minimum Gasteiger partial charge on any atom is -0.379 e. The third kappa shape index (κ3) is 3.93. The molecule has 4 rings (SSSR count). The molecule has 2 aromatic rings. The van der Waals surface area contributed by atoms with Gasteiger partial charge in [-0.3, -0.25) is 4.90 Å². The van der Waals surface area contributed by atoms with Crippen LogP contribution in [0.3, 0.4) is 0 Å². The summed E-state index contributed by atoms with van der Waals surface area (Å²) in [6.45, 7) is 3.71. The van der Waals surface area contributed by atoms with Crippen LogP contribution < -0.4 is 5.32 Å². The molecule has 0 amide bonds. The molecule has 152 valence electrons. The monoisotopic (exact) mass is 394 g/mol. The molecule has 1 saturated heterocycles. The van der Waals surface area contributed by atoms with Crippen molar-refractivity contribution in [3.63, 3.8) is 0 Å². The Bertz CT molecular complexity index is 815. The fraction of sp³-hybridized carbons (Fsp3) is 0.600. The summed E-state index contributed by atoms with van der Waals surface area (Å²) in [7, 11) is 0. The average Bonchev–Trinajstić information content (AvgIpc) is 2.72. The standard InChI is InChI=1S/C20H25F3N4O/c21-20(22,23)18-25-16-7-3-2-6-15(16)17(26-18)24-14-19(8-4-1-5-9-19)27-10-12-28-13-11-27/h2-3,6-7H,1,4-5,8-14H2,(H,24,25,26). The predicted octanol–water partition coefficient (Wildman–Crippen LogP) is 4.10. The Hall–Kier alpha value is -1.93. The Balaban J connectivity index is 1.64. The SMILES string of the molecule is FC(F)(F)c1nc(NCC2(N3CCOCC3)CCCCC2)c2ccccc2n1. The van der Waals surface area contributed by atoms with Crippen molar-refractivity contribution < 1.29 is 17.9 Å². The molecule has 2 aliphatic rings. The number of fused-ring (bicyclic) bond motifs is 1. The van der Waals surface area contributed by atoms with E-state index in [1.54, 1.807) is 24.3 Å². The van der Waals surface area contributed by atoms with E-state index < -0.39 is 12.0 Å². The first-order valence-electron chi connectivity index (χ1n) is 9.89. The molecule has 5 nitrogen and oxygen atoms in total. The average molecular weight is 394 g/mol. The molecule has 0 spiro atoms. The number of morpholine rings is 1. The van der Waals surface area contributed by atoms with Crippen LogP contribution in [0.5, 0.6) is 0 Å². The maximum absolute atomic E-state index is 13.3. The smallest absolute Gasteiger partial charge is 0.379 e. The van der Waals surface area contributed by atoms with E-state index in [2.05, 4.69) is 20.2 Å². The van der Waals surface area contributed by atoms with Crippen LogP contribution in [-0.4, -0.2) is 53.3 Å². The Morgan fingerprint density at radius 2 is 1.75 bits per heavy atom. The lowest BCUT2D eigenvalue weighted by molar-refractivity contribution is -0.144. The third-order valence-electron chi connectivity index (χ3n) is 5.91. The van der Waals surface area contributed by atoms with Crippen LogP contribution in [0.2, 0.25) is 0 Å². The van der Waals surface area contributed by atoms with E-state index in [-0.39, 0.29) is 11.4 Å². The van der Waals surface area contributed by atoms with Crippen molar-refractivity contribution in [2.24, 2.45) is 0 Å². The molecule has 1 aromatic heterocycles. The van der Waals surface area contributed by atoms with Crippen molar-refractivity contribution in [3.05, 3.63) is 30.1 Å².